The van der Waals surface area contributed by atoms with Crippen LogP contribution in [-0.4, -0.2) is 97.6 Å². The van der Waals surface area contributed by atoms with E-state index in [1.807, 2.05) is 4.90 Å². The zero-order valence-electron chi connectivity index (χ0n) is 17.4. The molecule has 27 heavy (non-hydrogen) atoms. The van der Waals surface area contributed by atoms with E-state index in [1.165, 1.54) is 0 Å². The maximum absolute atomic E-state index is 12.8. The molecule has 7 heteroatoms. The van der Waals surface area contributed by atoms with E-state index in [0.29, 0.717) is 39.3 Å². The molecule has 1 N–H and O–H groups in total. The van der Waals surface area contributed by atoms with Gasteiger partial charge in [0.25, 0.3) is 0 Å². The number of rotatable bonds is 4. The minimum Gasteiger partial charge on any atom is -0.378 e. The first-order valence-corrected chi connectivity index (χ1v) is 10.4. The third-order valence-corrected chi connectivity index (χ3v) is 6.08. The molecule has 3 fully saturated rings. The second kappa shape index (κ2) is 8.45. The summed E-state index contributed by atoms with van der Waals surface area (Å²) in [6.45, 7) is 11.8. The molecule has 3 rings (SSSR count). The van der Waals surface area contributed by atoms with Gasteiger partial charge in [-0.1, -0.05) is 20.8 Å². The fraction of sp³-hybridized carbons (Fsp3) is 0.900. The average molecular weight is 381 g/mol. The van der Waals surface area contributed by atoms with E-state index in [4.69, 9.17) is 4.74 Å². The number of fused-ring (bicyclic) bond motifs is 1. The molecule has 0 bridgehead atoms. The van der Waals surface area contributed by atoms with Crippen LogP contribution in [0.5, 0.6) is 0 Å². The van der Waals surface area contributed by atoms with Crippen LogP contribution >= 0.6 is 0 Å². The molecule has 0 aromatic heterocycles. The Morgan fingerprint density at radius 1 is 1.22 bits per heavy atom. The lowest BCUT2D eigenvalue weighted by Crippen LogP contribution is -2.51. The van der Waals surface area contributed by atoms with Crippen LogP contribution in [0.15, 0.2) is 0 Å². The highest BCUT2D eigenvalue weighted by atomic mass is 16.5. The summed E-state index contributed by atoms with van der Waals surface area (Å²) in [7, 11) is 2.13. The Kier molecular flexibility index (Phi) is 6.43. The summed E-state index contributed by atoms with van der Waals surface area (Å²) >= 11 is 0. The van der Waals surface area contributed by atoms with Gasteiger partial charge in [0.2, 0.25) is 11.8 Å². The minimum absolute atomic E-state index is 0.0748. The molecular formula is C20H36N4O3. The lowest BCUT2D eigenvalue weighted by atomic mass is 9.95. The molecule has 3 aliphatic rings. The van der Waals surface area contributed by atoms with E-state index in [0.717, 1.165) is 25.9 Å². The maximum atomic E-state index is 12.8. The van der Waals surface area contributed by atoms with Gasteiger partial charge < -0.3 is 15.0 Å². The van der Waals surface area contributed by atoms with Crippen molar-refractivity contribution in [3.05, 3.63) is 0 Å². The zero-order valence-corrected chi connectivity index (χ0v) is 17.4. The molecule has 0 aliphatic carbocycles. The van der Waals surface area contributed by atoms with Crippen LogP contribution in [0, 0.1) is 5.41 Å². The van der Waals surface area contributed by atoms with Crippen molar-refractivity contribution >= 4 is 11.8 Å². The van der Waals surface area contributed by atoms with Crippen molar-refractivity contribution in [3.8, 4) is 0 Å². The first-order valence-electron chi connectivity index (χ1n) is 10.4. The van der Waals surface area contributed by atoms with Crippen LogP contribution in [-0.2, 0) is 14.3 Å². The Morgan fingerprint density at radius 2 is 1.93 bits per heavy atom. The zero-order chi connectivity index (χ0) is 19.6. The van der Waals surface area contributed by atoms with Crippen LogP contribution in [0.3, 0.4) is 0 Å². The molecular weight excluding hydrogens is 344 g/mol. The molecule has 0 aromatic rings. The summed E-state index contributed by atoms with van der Waals surface area (Å²) in [4.78, 5) is 31.9. The molecule has 3 atom stereocenters. The topological polar surface area (TPSA) is 65.1 Å². The number of nitrogens with zero attached hydrogens (tertiary/aromatic N) is 3. The van der Waals surface area contributed by atoms with Crippen molar-refractivity contribution in [1.82, 2.24) is 20.0 Å². The molecule has 154 valence electrons. The summed E-state index contributed by atoms with van der Waals surface area (Å²) in [5.41, 5.74) is 0.171. The number of ether oxygens (including phenoxy) is 1. The van der Waals surface area contributed by atoms with Gasteiger partial charge in [0.1, 0.15) is 6.04 Å². The van der Waals surface area contributed by atoms with E-state index in [2.05, 4.69) is 42.9 Å². The highest BCUT2D eigenvalue weighted by molar-refractivity contribution is 5.83. The molecule has 0 radical (unpaired) electrons. The third kappa shape index (κ3) is 5.00. The maximum Gasteiger partial charge on any atom is 0.239 e. The summed E-state index contributed by atoms with van der Waals surface area (Å²) < 4.78 is 5.33. The molecule has 3 heterocycles. The Labute approximate surface area is 163 Å². The number of likely N-dealkylation sites (N-methyl/N-ethyl adjacent to an activating group) is 1. The summed E-state index contributed by atoms with van der Waals surface area (Å²) in [5, 5.41) is 3.15. The lowest BCUT2D eigenvalue weighted by Gasteiger charge is -2.35. The fourth-order valence-electron chi connectivity index (χ4n) is 4.70. The number of morpholine rings is 1. The molecule has 3 aliphatic heterocycles. The lowest BCUT2D eigenvalue weighted by molar-refractivity contribution is -0.135. The van der Waals surface area contributed by atoms with Crippen LogP contribution in [0.1, 0.15) is 40.0 Å². The van der Waals surface area contributed by atoms with Crippen LogP contribution in [0.25, 0.3) is 0 Å². The van der Waals surface area contributed by atoms with Crippen LogP contribution in [0.2, 0.25) is 0 Å². The molecule has 0 spiro atoms. The summed E-state index contributed by atoms with van der Waals surface area (Å²) in [6, 6.07) is 0.371. The molecule has 0 saturated carbocycles. The monoisotopic (exact) mass is 380 g/mol. The third-order valence-electron chi connectivity index (χ3n) is 6.08. The van der Waals surface area contributed by atoms with E-state index >= 15 is 0 Å². The SMILES string of the molecule is CN1C(CCC(=O)N2CCOCC2)CNC(=O)C2C1CCN2CC(C)(C)C. The normalized spacial score (nSPS) is 30.7. The van der Waals surface area contributed by atoms with Gasteiger partial charge in [-0.05, 0) is 25.3 Å². The number of carbonyl (C=O) groups is 2. The summed E-state index contributed by atoms with van der Waals surface area (Å²) in [5.74, 6) is 0.357. The van der Waals surface area contributed by atoms with Gasteiger partial charge in [0.15, 0.2) is 0 Å². The Hall–Kier alpha value is -1.18. The second-order valence-electron chi connectivity index (χ2n) is 9.43. The van der Waals surface area contributed by atoms with Gasteiger partial charge in [-0.2, -0.15) is 0 Å². The van der Waals surface area contributed by atoms with Crippen molar-refractivity contribution in [1.29, 1.82) is 0 Å². The van der Waals surface area contributed by atoms with Gasteiger partial charge in [-0.3, -0.25) is 19.4 Å². The van der Waals surface area contributed by atoms with Crippen molar-refractivity contribution in [2.45, 2.75) is 58.2 Å². The Balaban J connectivity index is 1.60. The standard InChI is InChI=1S/C20H36N4O3/c1-20(2,3)14-24-8-7-16-18(24)19(26)21-13-15(22(16)4)5-6-17(25)23-9-11-27-12-10-23/h15-16,18H,5-14H2,1-4H3,(H,21,26). The quantitative estimate of drug-likeness (QED) is 0.771. The molecule has 2 amide bonds. The minimum atomic E-state index is -0.0748. The molecule has 0 aromatic carbocycles. The van der Waals surface area contributed by atoms with E-state index in [-0.39, 0.29) is 35.4 Å². The Morgan fingerprint density at radius 3 is 2.59 bits per heavy atom. The van der Waals surface area contributed by atoms with Crippen molar-refractivity contribution < 1.29 is 14.3 Å². The predicted octanol–water partition coefficient (Wildman–Crippen LogP) is 0.545. The first kappa shape index (κ1) is 20.6. The van der Waals surface area contributed by atoms with Crippen LogP contribution in [0.4, 0.5) is 0 Å². The smallest absolute Gasteiger partial charge is 0.239 e. The largest absolute Gasteiger partial charge is 0.378 e. The van der Waals surface area contributed by atoms with Crippen molar-refractivity contribution in [2.75, 3.05) is 53.0 Å². The fourth-order valence-corrected chi connectivity index (χ4v) is 4.70. The van der Waals surface area contributed by atoms with Gasteiger partial charge in [-0.25, -0.2) is 0 Å². The Bertz CT molecular complexity index is 542. The predicted molar refractivity (Wildman–Crippen MR) is 104 cm³/mol. The van der Waals surface area contributed by atoms with Gasteiger partial charge in [0, 0.05) is 51.2 Å². The number of nitrogens with one attached hydrogen (secondary N) is 1. The highest BCUT2D eigenvalue weighted by Crippen LogP contribution is 2.30. The second-order valence-corrected chi connectivity index (χ2v) is 9.43. The van der Waals surface area contributed by atoms with E-state index < -0.39 is 0 Å². The highest BCUT2D eigenvalue weighted by Gasteiger charge is 2.45. The van der Waals surface area contributed by atoms with Gasteiger partial charge in [-0.15, -0.1) is 0 Å². The molecule has 3 unspecified atom stereocenters. The van der Waals surface area contributed by atoms with E-state index in [9.17, 15) is 9.59 Å². The van der Waals surface area contributed by atoms with Crippen molar-refractivity contribution in [2.24, 2.45) is 5.41 Å². The van der Waals surface area contributed by atoms with Gasteiger partial charge >= 0.3 is 0 Å². The number of likely N-dealkylation sites (tertiary alicyclic amines) is 1. The molecule has 3 saturated heterocycles. The summed E-state index contributed by atoms with van der Waals surface area (Å²) in [6.07, 6.45) is 2.34. The van der Waals surface area contributed by atoms with Gasteiger partial charge in [0.05, 0.1) is 13.2 Å². The van der Waals surface area contributed by atoms with Crippen molar-refractivity contribution in [3.63, 3.8) is 0 Å². The number of carbonyl (C=O) groups excluding carboxylic acids is 2. The number of hydrogen-bond acceptors (Lipinski definition) is 5. The average Bonchev–Trinajstić information content (AvgIpc) is 2.98. The first-order chi connectivity index (χ1) is 12.8. The van der Waals surface area contributed by atoms with E-state index in [1.54, 1.807) is 0 Å². The number of hydrogen-bond donors (Lipinski definition) is 1. The molecule has 7 nitrogen and oxygen atoms in total. The van der Waals surface area contributed by atoms with Crippen LogP contribution < -0.4 is 5.32 Å². The number of amides is 2.